The van der Waals surface area contributed by atoms with Crippen LogP contribution in [0.3, 0.4) is 0 Å². The van der Waals surface area contributed by atoms with Crippen LogP contribution in [0.15, 0.2) is 51.2 Å². The van der Waals surface area contributed by atoms with E-state index in [0.717, 1.165) is 5.57 Å². The average Bonchev–Trinajstić information content (AvgIpc) is 3.38. The molecule has 2 amide bonds. The Kier molecular flexibility index (Phi) is 10.7. The van der Waals surface area contributed by atoms with Crippen LogP contribution in [0, 0.1) is 6.92 Å². The fraction of sp³-hybridized carbons (Fsp3) is 0.500. The third-order valence-electron chi connectivity index (χ3n) is 8.37. The zero-order valence-electron chi connectivity index (χ0n) is 25.3. The summed E-state index contributed by atoms with van der Waals surface area (Å²) in [6.45, 7) is 2.40. The number of ether oxygens (including phenoxy) is 3. The van der Waals surface area contributed by atoms with Crippen LogP contribution in [0.5, 0.6) is 0 Å². The minimum Gasteiger partial charge on any atom is -0.454 e. The van der Waals surface area contributed by atoms with Gasteiger partial charge in [0, 0.05) is 42.6 Å². The lowest BCUT2D eigenvalue weighted by atomic mass is 9.96. The topological polar surface area (TPSA) is 220 Å². The second-order valence-corrected chi connectivity index (χ2v) is 11.8. The van der Waals surface area contributed by atoms with Gasteiger partial charge in [-0.15, -0.1) is 0 Å². The van der Waals surface area contributed by atoms with E-state index in [1.165, 1.54) is 6.08 Å². The molecule has 14 heteroatoms. The normalized spacial score (nSPS) is 27.3. The van der Waals surface area contributed by atoms with Crippen molar-refractivity contribution in [1.29, 1.82) is 0 Å². The number of anilines is 1. The summed E-state index contributed by atoms with van der Waals surface area (Å²) >= 11 is 0. The fourth-order valence-corrected chi connectivity index (χ4v) is 5.78. The molecule has 0 unspecified atom stereocenters. The summed E-state index contributed by atoms with van der Waals surface area (Å²) in [6.07, 6.45) is -0.452. The number of carbonyl (C=O) groups excluding carboxylic acids is 3. The number of hydrogen-bond donors (Lipinski definition) is 6. The van der Waals surface area contributed by atoms with Crippen LogP contribution in [-0.2, 0) is 35.0 Å². The molecule has 1 aliphatic carbocycles. The number of fused-ring (bicyclic) bond motifs is 2. The minimum atomic E-state index is -1.49. The lowest BCUT2D eigenvalue weighted by Gasteiger charge is -2.41. The largest absolute Gasteiger partial charge is 0.454 e. The van der Waals surface area contributed by atoms with E-state index >= 15 is 0 Å². The van der Waals surface area contributed by atoms with Crippen LogP contribution in [-0.4, -0.2) is 89.1 Å². The van der Waals surface area contributed by atoms with E-state index in [9.17, 15) is 34.5 Å². The van der Waals surface area contributed by atoms with E-state index in [2.05, 4.69) is 10.6 Å². The predicted octanol–water partition coefficient (Wildman–Crippen LogP) is 0.0234. The zero-order chi connectivity index (χ0) is 33.0. The molecule has 1 aromatic heterocycles. The molecule has 1 aromatic carbocycles. The number of hydrogen-bond acceptors (Lipinski definition) is 13. The van der Waals surface area contributed by atoms with Crippen molar-refractivity contribution in [2.75, 3.05) is 18.8 Å². The first-order valence-corrected chi connectivity index (χ1v) is 15.3. The van der Waals surface area contributed by atoms with Crippen molar-refractivity contribution in [1.82, 2.24) is 10.6 Å². The lowest BCUT2D eigenvalue weighted by Crippen LogP contribution is -2.60. The van der Waals surface area contributed by atoms with Crippen molar-refractivity contribution in [2.24, 2.45) is 0 Å². The van der Waals surface area contributed by atoms with Gasteiger partial charge in [0.2, 0.25) is 11.8 Å². The maximum Gasteiger partial charge on any atom is 0.340 e. The van der Waals surface area contributed by atoms with Crippen LogP contribution in [0.4, 0.5) is 5.69 Å². The molecular weight excluding hydrogens is 602 g/mol. The van der Waals surface area contributed by atoms with E-state index < -0.39 is 66.3 Å². The molecule has 1 fully saturated rings. The van der Waals surface area contributed by atoms with E-state index in [4.69, 9.17) is 24.4 Å². The molecule has 3 heterocycles. The first-order valence-electron chi connectivity index (χ1n) is 15.3. The van der Waals surface area contributed by atoms with Gasteiger partial charge in [0.1, 0.15) is 36.1 Å². The number of imide groups is 1. The number of nitrogens with one attached hydrogen (secondary N) is 2. The molecule has 7 N–H and O–H groups in total. The number of unbranched alkanes of at least 4 members (excludes halogenated alkanes) is 2. The second-order valence-electron chi connectivity index (χ2n) is 11.8. The molecule has 0 saturated carbocycles. The van der Waals surface area contributed by atoms with Crippen molar-refractivity contribution in [3.63, 3.8) is 0 Å². The minimum absolute atomic E-state index is 0.122. The van der Waals surface area contributed by atoms with Crippen molar-refractivity contribution >= 4 is 34.4 Å². The highest BCUT2D eigenvalue weighted by Gasteiger charge is 2.45. The molecule has 0 radical (unpaired) electrons. The Labute approximate surface area is 264 Å². The molecule has 2 aromatic rings. The molecule has 248 valence electrons. The summed E-state index contributed by atoms with van der Waals surface area (Å²) in [5.41, 5.74) is 7.39. The van der Waals surface area contributed by atoms with E-state index in [1.54, 1.807) is 37.3 Å². The van der Waals surface area contributed by atoms with Gasteiger partial charge in [-0.05, 0) is 49.6 Å². The standard InChI is InChI=1S/C32H39N3O11/c1-16-20-9-7-18(33)12-23(20)45-31(42)21(16)14-26(37)35-25(36)5-3-2-4-10-34-15-24-28(39)29(40)30(41)32(46-24)43-19-8-6-17-11-27(38)44-22(17)13-19/h6-9,11-12,19,22,24,28-30,32,34,39-41H,2-5,10,13-15,33H2,1H3,(H,35,36,37)/t19-,22-,24-,28+,29+,30-,32-/m1/s1. The van der Waals surface area contributed by atoms with Crippen LogP contribution in [0.1, 0.15) is 43.2 Å². The summed E-state index contributed by atoms with van der Waals surface area (Å²) in [4.78, 5) is 48.7. The van der Waals surface area contributed by atoms with Gasteiger partial charge in [0.15, 0.2) is 6.29 Å². The Balaban J connectivity index is 0.988. The van der Waals surface area contributed by atoms with E-state index in [1.807, 2.05) is 0 Å². The quantitative estimate of drug-likeness (QED) is 0.0780. The van der Waals surface area contributed by atoms with Crippen LogP contribution in [0.25, 0.3) is 11.0 Å². The van der Waals surface area contributed by atoms with Gasteiger partial charge in [-0.2, -0.15) is 0 Å². The molecule has 7 atom stereocenters. The van der Waals surface area contributed by atoms with Crippen molar-refractivity contribution in [3.05, 3.63) is 63.5 Å². The summed E-state index contributed by atoms with van der Waals surface area (Å²) in [5.74, 6) is -1.47. The molecule has 1 saturated heterocycles. The fourth-order valence-electron chi connectivity index (χ4n) is 5.78. The van der Waals surface area contributed by atoms with Crippen molar-refractivity contribution in [2.45, 2.75) is 88.4 Å². The number of benzene rings is 1. The molecular formula is C32H39N3O11. The Morgan fingerprint density at radius 2 is 1.87 bits per heavy atom. The number of carbonyl (C=O) groups is 3. The highest BCUT2D eigenvalue weighted by atomic mass is 16.7. The van der Waals surface area contributed by atoms with E-state index in [-0.39, 0.29) is 24.9 Å². The Hall–Kier alpha value is -3.92. The van der Waals surface area contributed by atoms with Gasteiger partial charge in [-0.1, -0.05) is 18.6 Å². The Morgan fingerprint density at radius 1 is 1.07 bits per heavy atom. The van der Waals surface area contributed by atoms with Gasteiger partial charge >= 0.3 is 11.6 Å². The predicted molar refractivity (Wildman–Crippen MR) is 163 cm³/mol. The highest BCUT2D eigenvalue weighted by Crippen LogP contribution is 2.30. The number of amides is 2. The van der Waals surface area contributed by atoms with Gasteiger partial charge in [0.25, 0.3) is 0 Å². The van der Waals surface area contributed by atoms with Crippen LogP contribution >= 0.6 is 0 Å². The van der Waals surface area contributed by atoms with E-state index in [0.29, 0.717) is 54.4 Å². The SMILES string of the molecule is Cc1c(CC(=O)NC(=O)CCCCCNC[C@H]2O[C@@H](O[C@@H]3C=CC4=CC(=O)O[C@@H]4C3)[C@H](O)[C@@H](O)[C@H]2O)c(=O)oc2cc(N)ccc12. The van der Waals surface area contributed by atoms with Crippen molar-refractivity contribution < 1.29 is 48.3 Å². The molecule has 5 rings (SSSR count). The summed E-state index contributed by atoms with van der Waals surface area (Å²) < 4.78 is 22.2. The summed E-state index contributed by atoms with van der Waals surface area (Å²) in [7, 11) is 0. The Bertz CT molecular complexity index is 1580. The summed E-state index contributed by atoms with van der Waals surface area (Å²) in [6, 6.07) is 4.93. The van der Waals surface area contributed by atoms with Gasteiger partial charge in [-0.25, -0.2) is 9.59 Å². The van der Waals surface area contributed by atoms with Gasteiger partial charge < -0.3 is 45.0 Å². The second kappa shape index (κ2) is 14.7. The first-order chi connectivity index (χ1) is 22.0. The zero-order valence-corrected chi connectivity index (χ0v) is 25.3. The number of nitrogens with two attached hydrogens (primary N) is 1. The summed E-state index contributed by atoms with van der Waals surface area (Å²) in [5, 5.41) is 37.4. The molecule has 3 aliphatic rings. The Morgan fingerprint density at radius 3 is 2.67 bits per heavy atom. The maximum atomic E-state index is 12.5. The van der Waals surface area contributed by atoms with Gasteiger partial charge in [-0.3, -0.25) is 14.9 Å². The van der Waals surface area contributed by atoms with Crippen LogP contribution < -0.4 is 22.0 Å². The highest BCUT2D eigenvalue weighted by molar-refractivity contribution is 5.96. The number of aryl methyl sites for hydroxylation is 1. The average molecular weight is 642 g/mol. The monoisotopic (exact) mass is 641 g/mol. The first kappa shape index (κ1) is 33.4. The third kappa shape index (κ3) is 7.89. The molecule has 2 aliphatic heterocycles. The van der Waals surface area contributed by atoms with Crippen LogP contribution in [0.2, 0.25) is 0 Å². The number of nitrogen functional groups attached to an aromatic ring is 1. The number of aliphatic hydroxyl groups is 3. The molecule has 0 bridgehead atoms. The smallest absolute Gasteiger partial charge is 0.340 e. The molecule has 14 nitrogen and oxygen atoms in total. The number of rotatable bonds is 12. The molecule has 46 heavy (non-hydrogen) atoms. The third-order valence-corrected chi connectivity index (χ3v) is 8.37. The number of aliphatic hydroxyl groups excluding tert-OH is 3. The van der Waals surface area contributed by atoms with Gasteiger partial charge in [0.05, 0.1) is 18.1 Å². The lowest BCUT2D eigenvalue weighted by molar-refractivity contribution is -0.303. The number of esters is 1. The maximum absolute atomic E-state index is 12.5. The van der Waals surface area contributed by atoms with Crippen molar-refractivity contribution in [3.8, 4) is 0 Å². The molecule has 0 spiro atoms.